The lowest BCUT2D eigenvalue weighted by molar-refractivity contribution is -0.306. The number of allylic oxidation sites excluding steroid dienone is 4. The minimum atomic E-state index is -4.71. The van der Waals surface area contributed by atoms with Gasteiger partial charge in [0.15, 0.2) is 0 Å². The zero-order chi connectivity index (χ0) is 15.1. The van der Waals surface area contributed by atoms with E-state index in [1.807, 2.05) is 0 Å². The first kappa shape index (κ1) is 18.0. The summed E-state index contributed by atoms with van der Waals surface area (Å²) in [6.07, 6.45) is -2.10. The van der Waals surface area contributed by atoms with Gasteiger partial charge in [0.1, 0.15) is 5.76 Å². The molecule has 2 atom stereocenters. The highest BCUT2D eigenvalue weighted by Crippen LogP contribution is 2.25. The van der Waals surface area contributed by atoms with Crippen molar-refractivity contribution in [3.8, 4) is 0 Å². The predicted octanol–water partition coefficient (Wildman–Crippen LogP) is 3.14. The third-order valence-electron chi connectivity index (χ3n) is 2.73. The average Bonchev–Trinajstić information content (AvgIpc) is 2.30. The first-order valence-corrected chi connectivity index (χ1v) is 6.13. The lowest BCUT2D eigenvalue weighted by atomic mass is 9.95. The summed E-state index contributed by atoms with van der Waals surface area (Å²) in [6.45, 7) is 4.54. The maximum Gasteiger partial charge on any atom is 0.572 e. The maximum atomic E-state index is 12.1. The molecule has 3 nitrogen and oxygen atoms in total. The van der Waals surface area contributed by atoms with E-state index >= 15 is 0 Å². The third kappa shape index (κ3) is 7.89. The SMILES string of the molecule is C/C=C(\C=C(/CC)OC(F)(F)F)CC(CO)C(C)O. The van der Waals surface area contributed by atoms with Crippen molar-refractivity contribution in [2.75, 3.05) is 6.61 Å². The lowest BCUT2D eigenvalue weighted by Gasteiger charge is -2.18. The van der Waals surface area contributed by atoms with Crippen LogP contribution >= 0.6 is 0 Å². The third-order valence-corrected chi connectivity index (χ3v) is 2.73. The number of alkyl halides is 3. The monoisotopic (exact) mass is 282 g/mol. The van der Waals surface area contributed by atoms with E-state index in [1.54, 1.807) is 19.9 Å². The van der Waals surface area contributed by atoms with Crippen molar-refractivity contribution in [1.29, 1.82) is 0 Å². The Kier molecular flexibility index (Phi) is 7.78. The molecular weight excluding hydrogens is 261 g/mol. The van der Waals surface area contributed by atoms with Crippen molar-refractivity contribution in [3.05, 3.63) is 23.5 Å². The van der Waals surface area contributed by atoms with Gasteiger partial charge in [0, 0.05) is 18.9 Å². The summed E-state index contributed by atoms with van der Waals surface area (Å²) in [5.74, 6) is -0.602. The van der Waals surface area contributed by atoms with Crippen LogP contribution in [0.15, 0.2) is 23.5 Å². The Bertz CT molecular complexity index is 320. The normalized spacial score (nSPS) is 17.3. The number of aliphatic hydroxyl groups excluding tert-OH is 2. The van der Waals surface area contributed by atoms with Gasteiger partial charge < -0.3 is 14.9 Å². The van der Waals surface area contributed by atoms with Gasteiger partial charge in [-0.25, -0.2) is 0 Å². The van der Waals surface area contributed by atoms with E-state index in [1.165, 1.54) is 13.0 Å². The Morgan fingerprint density at radius 1 is 1.37 bits per heavy atom. The first-order chi connectivity index (χ1) is 8.73. The topological polar surface area (TPSA) is 49.7 Å². The van der Waals surface area contributed by atoms with Crippen LogP contribution in [0, 0.1) is 5.92 Å². The smallest absolute Gasteiger partial charge is 0.410 e. The molecular formula is C13H21F3O3. The molecule has 0 radical (unpaired) electrons. The molecule has 0 aromatic heterocycles. The van der Waals surface area contributed by atoms with Gasteiger partial charge in [-0.1, -0.05) is 13.0 Å². The van der Waals surface area contributed by atoms with Crippen LogP contribution in [0.5, 0.6) is 0 Å². The number of halogens is 3. The Morgan fingerprint density at radius 3 is 2.26 bits per heavy atom. The van der Waals surface area contributed by atoms with Gasteiger partial charge in [-0.3, -0.25) is 0 Å². The zero-order valence-electron chi connectivity index (χ0n) is 11.4. The van der Waals surface area contributed by atoms with E-state index in [4.69, 9.17) is 5.11 Å². The van der Waals surface area contributed by atoms with Crippen LogP contribution in [0.1, 0.15) is 33.6 Å². The summed E-state index contributed by atoms with van der Waals surface area (Å²) in [5.41, 5.74) is 0.584. The van der Waals surface area contributed by atoms with E-state index < -0.39 is 18.4 Å². The summed E-state index contributed by atoms with van der Waals surface area (Å²) in [5, 5.41) is 18.5. The van der Waals surface area contributed by atoms with Gasteiger partial charge in [-0.05, 0) is 31.9 Å². The molecule has 0 heterocycles. The van der Waals surface area contributed by atoms with Crippen LogP contribution in [0.2, 0.25) is 0 Å². The molecule has 0 fully saturated rings. The van der Waals surface area contributed by atoms with E-state index in [9.17, 15) is 18.3 Å². The summed E-state index contributed by atoms with van der Waals surface area (Å²) in [7, 11) is 0. The summed E-state index contributed by atoms with van der Waals surface area (Å²) in [4.78, 5) is 0. The van der Waals surface area contributed by atoms with Gasteiger partial charge in [-0.2, -0.15) is 0 Å². The highest BCUT2D eigenvalue weighted by atomic mass is 19.4. The number of hydrogen-bond acceptors (Lipinski definition) is 3. The molecule has 112 valence electrons. The van der Waals surface area contributed by atoms with Crippen molar-refractivity contribution in [2.24, 2.45) is 5.92 Å². The van der Waals surface area contributed by atoms with Crippen molar-refractivity contribution in [2.45, 2.75) is 46.1 Å². The highest BCUT2D eigenvalue weighted by Gasteiger charge is 2.31. The fourth-order valence-corrected chi connectivity index (χ4v) is 1.51. The van der Waals surface area contributed by atoms with E-state index in [0.717, 1.165) is 0 Å². The molecule has 0 saturated carbocycles. The van der Waals surface area contributed by atoms with Crippen LogP contribution in [-0.2, 0) is 4.74 Å². The number of ether oxygens (including phenoxy) is 1. The minimum absolute atomic E-state index is 0.106. The molecule has 0 aliphatic rings. The minimum Gasteiger partial charge on any atom is -0.410 e. The van der Waals surface area contributed by atoms with Crippen molar-refractivity contribution in [3.63, 3.8) is 0 Å². The zero-order valence-corrected chi connectivity index (χ0v) is 11.4. The predicted molar refractivity (Wildman–Crippen MR) is 66.1 cm³/mol. The van der Waals surface area contributed by atoms with Crippen molar-refractivity contribution >= 4 is 0 Å². The second-order valence-corrected chi connectivity index (χ2v) is 4.26. The van der Waals surface area contributed by atoms with Crippen molar-refractivity contribution < 1.29 is 28.1 Å². The quantitative estimate of drug-likeness (QED) is 0.557. The Morgan fingerprint density at radius 2 is 1.95 bits per heavy atom. The summed E-state index contributed by atoms with van der Waals surface area (Å²) >= 11 is 0. The number of aliphatic hydroxyl groups is 2. The molecule has 0 rings (SSSR count). The van der Waals surface area contributed by atoms with Gasteiger partial charge in [0.2, 0.25) is 0 Å². The van der Waals surface area contributed by atoms with Crippen LogP contribution < -0.4 is 0 Å². The molecule has 0 amide bonds. The van der Waals surface area contributed by atoms with Gasteiger partial charge in [0.25, 0.3) is 0 Å². The maximum absolute atomic E-state index is 12.1. The number of rotatable bonds is 7. The van der Waals surface area contributed by atoms with Crippen LogP contribution in [-0.4, -0.2) is 29.3 Å². The molecule has 0 aliphatic carbocycles. The van der Waals surface area contributed by atoms with Crippen LogP contribution in [0.25, 0.3) is 0 Å². The van der Waals surface area contributed by atoms with Gasteiger partial charge >= 0.3 is 6.36 Å². The molecule has 2 unspecified atom stereocenters. The second kappa shape index (κ2) is 8.22. The Hall–Kier alpha value is -1.01. The standard InChI is InChI=1S/C13H21F3O3/c1-4-10(6-11(8-17)9(3)18)7-12(5-2)19-13(14,15)16/h4,7,9,11,17-18H,5-6,8H2,1-3H3/b10-4-,12-7+. The van der Waals surface area contributed by atoms with E-state index in [-0.39, 0.29) is 25.2 Å². The lowest BCUT2D eigenvalue weighted by Crippen LogP contribution is -2.21. The van der Waals surface area contributed by atoms with Gasteiger partial charge in [-0.15, -0.1) is 13.2 Å². The van der Waals surface area contributed by atoms with Crippen LogP contribution in [0.3, 0.4) is 0 Å². The molecule has 0 aromatic carbocycles. The Labute approximate surface area is 111 Å². The summed E-state index contributed by atoms with van der Waals surface area (Å²) < 4.78 is 40.3. The average molecular weight is 282 g/mol. The van der Waals surface area contributed by atoms with Crippen LogP contribution in [0.4, 0.5) is 13.2 Å². The first-order valence-electron chi connectivity index (χ1n) is 6.13. The van der Waals surface area contributed by atoms with Gasteiger partial charge in [0.05, 0.1) is 6.10 Å². The highest BCUT2D eigenvalue weighted by molar-refractivity contribution is 5.21. The molecule has 0 bridgehead atoms. The molecule has 0 saturated heterocycles. The van der Waals surface area contributed by atoms with Crippen molar-refractivity contribution in [1.82, 2.24) is 0 Å². The fourth-order valence-electron chi connectivity index (χ4n) is 1.51. The largest absolute Gasteiger partial charge is 0.572 e. The molecule has 2 N–H and O–H groups in total. The molecule has 0 spiro atoms. The summed E-state index contributed by atoms with van der Waals surface area (Å²) in [6, 6.07) is 0. The molecule has 6 heteroatoms. The fraction of sp³-hybridized carbons (Fsp3) is 0.692. The molecule has 19 heavy (non-hydrogen) atoms. The van der Waals surface area contributed by atoms with E-state index in [0.29, 0.717) is 5.57 Å². The van der Waals surface area contributed by atoms with E-state index in [2.05, 4.69) is 4.74 Å². The second-order valence-electron chi connectivity index (χ2n) is 4.26. The number of hydrogen-bond donors (Lipinski definition) is 2. The molecule has 0 aromatic rings. The Balaban J connectivity index is 4.86. The molecule has 0 aliphatic heterocycles.